The van der Waals surface area contributed by atoms with Crippen LogP contribution < -0.4 is 5.73 Å². The highest BCUT2D eigenvalue weighted by Crippen LogP contribution is 2.16. The number of likely N-dealkylation sites (tertiary alicyclic amines) is 1. The van der Waals surface area contributed by atoms with E-state index in [0.29, 0.717) is 17.6 Å². The van der Waals surface area contributed by atoms with Gasteiger partial charge in [0.2, 0.25) is 0 Å². The first-order chi connectivity index (χ1) is 8.68. The molecule has 1 heterocycles. The molecular formula is C14H19N3O. The topological polar surface area (TPSA) is 58.7 Å². The van der Waals surface area contributed by atoms with Gasteiger partial charge in [-0.3, -0.25) is 4.79 Å². The zero-order valence-electron chi connectivity index (χ0n) is 10.7. The molecule has 0 radical (unpaired) electrons. The summed E-state index contributed by atoms with van der Waals surface area (Å²) in [4.78, 5) is 17.9. The number of guanidine groups is 1. The first kappa shape index (κ1) is 12.6. The fourth-order valence-corrected chi connectivity index (χ4v) is 2.25. The van der Waals surface area contributed by atoms with Crippen molar-refractivity contribution in [3.05, 3.63) is 35.9 Å². The van der Waals surface area contributed by atoms with Crippen LogP contribution in [0, 0.1) is 0 Å². The molecule has 1 aromatic rings. The van der Waals surface area contributed by atoms with Crippen LogP contribution in [0.1, 0.15) is 36.5 Å². The third kappa shape index (κ3) is 2.88. The van der Waals surface area contributed by atoms with Crippen LogP contribution in [0.2, 0.25) is 0 Å². The van der Waals surface area contributed by atoms with E-state index in [-0.39, 0.29) is 5.91 Å². The Hall–Kier alpha value is -1.84. The van der Waals surface area contributed by atoms with Gasteiger partial charge in [-0.2, -0.15) is 4.99 Å². The number of amides is 1. The van der Waals surface area contributed by atoms with Crippen molar-refractivity contribution in [2.45, 2.75) is 32.2 Å². The normalized spacial score (nSPS) is 20.8. The van der Waals surface area contributed by atoms with Gasteiger partial charge in [-0.1, -0.05) is 18.2 Å². The van der Waals surface area contributed by atoms with Gasteiger partial charge in [-0.05, 0) is 38.3 Å². The average Bonchev–Trinajstić information content (AvgIpc) is 2.40. The summed E-state index contributed by atoms with van der Waals surface area (Å²) in [6.45, 7) is 3.01. The fourth-order valence-electron chi connectivity index (χ4n) is 2.25. The maximum Gasteiger partial charge on any atom is 0.280 e. The summed E-state index contributed by atoms with van der Waals surface area (Å²) in [6, 6.07) is 9.38. The lowest BCUT2D eigenvalue weighted by Gasteiger charge is -2.33. The molecule has 0 aliphatic carbocycles. The molecule has 1 aliphatic rings. The second kappa shape index (κ2) is 5.67. The molecule has 2 rings (SSSR count). The Labute approximate surface area is 108 Å². The highest BCUT2D eigenvalue weighted by atomic mass is 16.1. The Morgan fingerprint density at radius 3 is 2.72 bits per heavy atom. The van der Waals surface area contributed by atoms with Gasteiger partial charge in [0, 0.05) is 18.2 Å². The van der Waals surface area contributed by atoms with Gasteiger partial charge in [-0.15, -0.1) is 0 Å². The van der Waals surface area contributed by atoms with Crippen molar-refractivity contribution in [3.8, 4) is 0 Å². The van der Waals surface area contributed by atoms with Gasteiger partial charge >= 0.3 is 0 Å². The molecule has 18 heavy (non-hydrogen) atoms. The van der Waals surface area contributed by atoms with Crippen LogP contribution in [0.25, 0.3) is 0 Å². The van der Waals surface area contributed by atoms with Crippen LogP contribution in [-0.4, -0.2) is 29.4 Å². The van der Waals surface area contributed by atoms with E-state index in [1.54, 1.807) is 12.1 Å². The number of hydrogen-bond donors (Lipinski definition) is 1. The predicted molar refractivity (Wildman–Crippen MR) is 72.4 cm³/mol. The molecule has 1 atom stereocenters. The summed E-state index contributed by atoms with van der Waals surface area (Å²) in [7, 11) is 0. The van der Waals surface area contributed by atoms with Crippen molar-refractivity contribution >= 4 is 11.9 Å². The first-order valence-electron chi connectivity index (χ1n) is 6.38. The van der Waals surface area contributed by atoms with E-state index in [2.05, 4.69) is 11.9 Å². The lowest BCUT2D eigenvalue weighted by Crippen LogP contribution is -2.46. The number of rotatable bonds is 1. The number of aliphatic imine (C=N–C) groups is 1. The van der Waals surface area contributed by atoms with E-state index < -0.39 is 0 Å². The van der Waals surface area contributed by atoms with Gasteiger partial charge in [0.25, 0.3) is 5.91 Å². The van der Waals surface area contributed by atoms with Crippen molar-refractivity contribution < 1.29 is 4.79 Å². The van der Waals surface area contributed by atoms with E-state index in [1.807, 2.05) is 23.1 Å². The minimum atomic E-state index is -0.272. The highest BCUT2D eigenvalue weighted by Gasteiger charge is 2.20. The van der Waals surface area contributed by atoms with Gasteiger partial charge in [0.1, 0.15) is 0 Å². The first-order valence-corrected chi connectivity index (χ1v) is 6.38. The Kier molecular flexibility index (Phi) is 3.97. The molecule has 4 heteroatoms. The molecule has 0 spiro atoms. The fraction of sp³-hybridized carbons (Fsp3) is 0.429. The lowest BCUT2D eigenvalue weighted by molar-refractivity contribution is 0.1000. The molecular weight excluding hydrogens is 226 g/mol. The molecule has 1 saturated heterocycles. The molecule has 0 aromatic heterocycles. The summed E-state index contributed by atoms with van der Waals surface area (Å²) in [5, 5.41) is 0. The van der Waals surface area contributed by atoms with Crippen molar-refractivity contribution in [1.82, 2.24) is 4.90 Å². The number of nitrogens with zero attached hydrogens (tertiary/aromatic N) is 2. The molecule has 1 amide bonds. The summed E-state index contributed by atoms with van der Waals surface area (Å²) >= 11 is 0. The van der Waals surface area contributed by atoms with Crippen LogP contribution >= 0.6 is 0 Å². The highest BCUT2D eigenvalue weighted by molar-refractivity contribution is 6.02. The Balaban J connectivity index is 2.10. The standard InChI is InChI=1S/C14H19N3O/c1-11-7-5-6-10-17(11)14(15)16-13(18)12-8-3-2-4-9-12/h2-4,8-9,11H,5-7,10H2,1H3,(H2,15,16,18)/t11-/m1/s1. The minimum absolute atomic E-state index is 0.272. The summed E-state index contributed by atoms with van der Waals surface area (Å²) < 4.78 is 0. The van der Waals surface area contributed by atoms with E-state index in [4.69, 9.17) is 5.73 Å². The second-order valence-corrected chi connectivity index (χ2v) is 4.68. The molecule has 1 aromatic carbocycles. The Morgan fingerprint density at radius 1 is 1.33 bits per heavy atom. The summed E-state index contributed by atoms with van der Waals surface area (Å²) in [5.74, 6) is 0.0712. The van der Waals surface area contributed by atoms with Crippen LogP contribution in [-0.2, 0) is 0 Å². The average molecular weight is 245 g/mol. The third-order valence-corrected chi connectivity index (χ3v) is 3.33. The van der Waals surface area contributed by atoms with Crippen LogP contribution in [0.3, 0.4) is 0 Å². The van der Waals surface area contributed by atoms with Crippen molar-refractivity contribution in [2.24, 2.45) is 10.7 Å². The maximum atomic E-state index is 11.9. The molecule has 4 nitrogen and oxygen atoms in total. The largest absolute Gasteiger partial charge is 0.369 e. The van der Waals surface area contributed by atoms with Crippen molar-refractivity contribution in [3.63, 3.8) is 0 Å². The number of nitrogens with two attached hydrogens (primary N) is 1. The Bertz CT molecular complexity index is 442. The van der Waals surface area contributed by atoms with Crippen molar-refractivity contribution in [1.29, 1.82) is 0 Å². The van der Waals surface area contributed by atoms with E-state index in [0.717, 1.165) is 19.4 Å². The molecule has 1 aliphatic heterocycles. The second-order valence-electron chi connectivity index (χ2n) is 4.68. The van der Waals surface area contributed by atoms with Gasteiger partial charge in [0.05, 0.1) is 0 Å². The molecule has 0 saturated carbocycles. The zero-order valence-corrected chi connectivity index (χ0v) is 10.7. The van der Waals surface area contributed by atoms with Gasteiger partial charge in [0.15, 0.2) is 5.96 Å². The monoisotopic (exact) mass is 245 g/mol. The summed E-state index contributed by atoms with van der Waals surface area (Å²) in [5.41, 5.74) is 6.51. The maximum absolute atomic E-state index is 11.9. The summed E-state index contributed by atoms with van der Waals surface area (Å²) in [6.07, 6.45) is 3.44. The van der Waals surface area contributed by atoms with Gasteiger partial charge < -0.3 is 10.6 Å². The predicted octanol–water partition coefficient (Wildman–Crippen LogP) is 2.02. The lowest BCUT2D eigenvalue weighted by atomic mass is 10.0. The zero-order chi connectivity index (χ0) is 13.0. The Morgan fingerprint density at radius 2 is 2.06 bits per heavy atom. The van der Waals surface area contributed by atoms with E-state index in [9.17, 15) is 4.79 Å². The number of piperidine rings is 1. The van der Waals surface area contributed by atoms with Crippen LogP contribution in [0.4, 0.5) is 0 Å². The SMILES string of the molecule is C[C@@H]1CCCCN1C(N)=NC(=O)c1ccccc1. The number of benzene rings is 1. The smallest absolute Gasteiger partial charge is 0.280 e. The molecule has 96 valence electrons. The molecule has 0 bridgehead atoms. The van der Waals surface area contributed by atoms with Crippen LogP contribution in [0.15, 0.2) is 35.3 Å². The quantitative estimate of drug-likeness (QED) is 0.608. The number of hydrogen-bond acceptors (Lipinski definition) is 1. The third-order valence-electron chi connectivity index (χ3n) is 3.33. The van der Waals surface area contributed by atoms with Crippen molar-refractivity contribution in [2.75, 3.05) is 6.54 Å². The number of carbonyl (C=O) groups excluding carboxylic acids is 1. The van der Waals surface area contributed by atoms with Gasteiger partial charge in [-0.25, -0.2) is 0 Å². The molecule has 2 N–H and O–H groups in total. The minimum Gasteiger partial charge on any atom is -0.369 e. The van der Waals surface area contributed by atoms with E-state index >= 15 is 0 Å². The number of carbonyl (C=O) groups is 1. The van der Waals surface area contributed by atoms with Crippen LogP contribution in [0.5, 0.6) is 0 Å². The van der Waals surface area contributed by atoms with E-state index in [1.165, 1.54) is 6.42 Å². The molecule has 0 unspecified atom stereocenters. The molecule has 1 fully saturated rings.